The van der Waals surface area contributed by atoms with Gasteiger partial charge in [-0.2, -0.15) is 0 Å². The molecule has 2 fully saturated rings. The van der Waals surface area contributed by atoms with Crippen molar-refractivity contribution in [2.45, 2.75) is 64.1 Å². The molecule has 2 aliphatic rings. The van der Waals surface area contributed by atoms with Crippen LogP contribution in [0.15, 0.2) is 0 Å². The number of ether oxygens (including phenoxy) is 2. The minimum atomic E-state index is -0.149. The van der Waals surface area contributed by atoms with Crippen molar-refractivity contribution >= 4 is 5.91 Å². The van der Waals surface area contributed by atoms with Crippen molar-refractivity contribution in [3.05, 3.63) is 0 Å². The Labute approximate surface area is 128 Å². The summed E-state index contributed by atoms with van der Waals surface area (Å²) in [7, 11) is 0. The molecule has 0 aromatic carbocycles. The summed E-state index contributed by atoms with van der Waals surface area (Å²) < 4.78 is 11.5. The maximum absolute atomic E-state index is 12.1. The molecule has 0 aromatic heterocycles. The number of hydrogen-bond acceptors (Lipinski definition) is 4. The Morgan fingerprint density at radius 3 is 2.62 bits per heavy atom. The standard InChI is InChI=1S/C16H30N2O3/c1-12(2)11-17-15(19)13(3)18-14-4-7-21-16(10-14)5-8-20-9-6-16/h12-14,18H,4-11H2,1-3H3,(H,17,19). The van der Waals surface area contributed by atoms with E-state index in [9.17, 15) is 4.79 Å². The topological polar surface area (TPSA) is 59.6 Å². The first-order valence-corrected chi connectivity index (χ1v) is 8.26. The van der Waals surface area contributed by atoms with Gasteiger partial charge in [0, 0.05) is 32.4 Å². The van der Waals surface area contributed by atoms with Gasteiger partial charge in [0.05, 0.1) is 11.6 Å². The molecule has 122 valence electrons. The summed E-state index contributed by atoms with van der Waals surface area (Å²) in [5.41, 5.74) is -0.0255. The Morgan fingerprint density at radius 2 is 1.95 bits per heavy atom. The van der Waals surface area contributed by atoms with Gasteiger partial charge in [-0.05, 0) is 38.5 Å². The molecule has 2 N–H and O–H groups in total. The Balaban J connectivity index is 1.80. The van der Waals surface area contributed by atoms with Crippen LogP contribution in [0.1, 0.15) is 46.5 Å². The van der Waals surface area contributed by atoms with Crippen LogP contribution < -0.4 is 10.6 Å². The highest BCUT2D eigenvalue weighted by Crippen LogP contribution is 2.34. The van der Waals surface area contributed by atoms with E-state index in [0.717, 1.165) is 52.0 Å². The van der Waals surface area contributed by atoms with E-state index in [2.05, 4.69) is 24.5 Å². The van der Waals surface area contributed by atoms with Gasteiger partial charge in [-0.3, -0.25) is 4.79 Å². The van der Waals surface area contributed by atoms with Crippen LogP contribution in [0.25, 0.3) is 0 Å². The average Bonchev–Trinajstić information content (AvgIpc) is 2.45. The Morgan fingerprint density at radius 1 is 1.24 bits per heavy atom. The summed E-state index contributed by atoms with van der Waals surface area (Å²) in [5, 5.41) is 6.47. The summed E-state index contributed by atoms with van der Waals surface area (Å²) in [5.74, 6) is 0.575. The number of hydrogen-bond donors (Lipinski definition) is 2. The molecule has 0 aliphatic carbocycles. The van der Waals surface area contributed by atoms with Crippen molar-refractivity contribution < 1.29 is 14.3 Å². The zero-order chi connectivity index (χ0) is 15.3. The predicted octanol–water partition coefficient (Wildman–Crippen LogP) is 1.46. The molecule has 0 radical (unpaired) electrons. The molecule has 21 heavy (non-hydrogen) atoms. The molecule has 2 unspecified atom stereocenters. The van der Waals surface area contributed by atoms with E-state index in [1.807, 2.05) is 6.92 Å². The van der Waals surface area contributed by atoms with Crippen molar-refractivity contribution in [1.29, 1.82) is 0 Å². The third-order valence-corrected chi connectivity index (χ3v) is 4.46. The summed E-state index contributed by atoms with van der Waals surface area (Å²) >= 11 is 0. The van der Waals surface area contributed by atoms with Gasteiger partial charge in [0.25, 0.3) is 0 Å². The first kappa shape index (κ1) is 16.7. The van der Waals surface area contributed by atoms with Gasteiger partial charge < -0.3 is 20.1 Å². The lowest BCUT2D eigenvalue weighted by molar-refractivity contribution is -0.142. The lowest BCUT2D eigenvalue weighted by Gasteiger charge is -2.44. The van der Waals surface area contributed by atoms with Crippen LogP contribution >= 0.6 is 0 Å². The van der Waals surface area contributed by atoms with E-state index in [0.29, 0.717) is 12.0 Å². The minimum absolute atomic E-state index is 0.0255. The lowest BCUT2D eigenvalue weighted by Crippen LogP contribution is -2.54. The molecule has 2 atom stereocenters. The summed E-state index contributed by atoms with van der Waals surface area (Å²) in [6.07, 6.45) is 3.90. The van der Waals surface area contributed by atoms with Crippen molar-refractivity contribution in [3.8, 4) is 0 Å². The van der Waals surface area contributed by atoms with Crippen LogP contribution in [0.5, 0.6) is 0 Å². The van der Waals surface area contributed by atoms with E-state index >= 15 is 0 Å². The number of rotatable bonds is 5. The number of carbonyl (C=O) groups excluding carboxylic acids is 1. The van der Waals surface area contributed by atoms with E-state index in [-0.39, 0.29) is 17.6 Å². The van der Waals surface area contributed by atoms with Crippen LogP contribution in [-0.2, 0) is 14.3 Å². The molecule has 2 saturated heterocycles. The highest BCUT2D eigenvalue weighted by atomic mass is 16.5. The largest absolute Gasteiger partial charge is 0.381 e. The monoisotopic (exact) mass is 298 g/mol. The third-order valence-electron chi connectivity index (χ3n) is 4.46. The van der Waals surface area contributed by atoms with E-state index in [1.165, 1.54) is 0 Å². The molecule has 0 bridgehead atoms. The van der Waals surface area contributed by atoms with E-state index < -0.39 is 0 Å². The van der Waals surface area contributed by atoms with Gasteiger partial charge in [-0.25, -0.2) is 0 Å². The molecule has 2 rings (SSSR count). The van der Waals surface area contributed by atoms with E-state index in [4.69, 9.17) is 9.47 Å². The Kier molecular flexibility index (Phi) is 6.02. The highest BCUT2D eigenvalue weighted by Gasteiger charge is 2.39. The van der Waals surface area contributed by atoms with Gasteiger partial charge in [0.1, 0.15) is 0 Å². The molecule has 2 heterocycles. The van der Waals surface area contributed by atoms with Crippen LogP contribution in [0.3, 0.4) is 0 Å². The fourth-order valence-corrected chi connectivity index (χ4v) is 3.15. The van der Waals surface area contributed by atoms with Gasteiger partial charge in [0.2, 0.25) is 5.91 Å². The van der Waals surface area contributed by atoms with Gasteiger partial charge in [-0.15, -0.1) is 0 Å². The van der Waals surface area contributed by atoms with Crippen LogP contribution in [0.2, 0.25) is 0 Å². The first-order valence-electron chi connectivity index (χ1n) is 8.26. The predicted molar refractivity (Wildman–Crippen MR) is 82.2 cm³/mol. The molecule has 5 heteroatoms. The molecule has 0 aromatic rings. The molecular formula is C16H30N2O3. The normalized spacial score (nSPS) is 26.8. The van der Waals surface area contributed by atoms with Crippen molar-refractivity contribution in [3.63, 3.8) is 0 Å². The van der Waals surface area contributed by atoms with Crippen LogP contribution in [-0.4, -0.2) is 50.0 Å². The van der Waals surface area contributed by atoms with Gasteiger partial charge in [-0.1, -0.05) is 13.8 Å². The fourth-order valence-electron chi connectivity index (χ4n) is 3.15. The molecule has 5 nitrogen and oxygen atoms in total. The highest BCUT2D eigenvalue weighted by molar-refractivity contribution is 5.81. The average molecular weight is 298 g/mol. The molecule has 1 spiro atoms. The second-order valence-corrected chi connectivity index (χ2v) is 6.86. The maximum atomic E-state index is 12.1. The molecule has 1 amide bonds. The number of carbonyl (C=O) groups is 1. The number of nitrogens with one attached hydrogen (secondary N) is 2. The Hall–Kier alpha value is -0.650. The third kappa shape index (κ3) is 4.94. The van der Waals surface area contributed by atoms with Crippen LogP contribution in [0, 0.1) is 5.92 Å². The van der Waals surface area contributed by atoms with Crippen molar-refractivity contribution in [2.75, 3.05) is 26.4 Å². The first-order chi connectivity index (χ1) is 10.0. The van der Waals surface area contributed by atoms with Crippen molar-refractivity contribution in [2.24, 2.45) is 5.92 Å². The van der Waals surface area contributed by atoms with Gasteiger partial charge >= 0.3 is 0 Å². The quantitative estimate of drug-likeness (QED) is 0.807. The zero-order valence-corrected chi connectivity index (χ0v) is 13.6. The van der Waals surface area contributed by atoms with E-state index in [1.54, 1.807) is 0 Å². The molecule has 2 aliphatic heterocycles. The van der Waals surface area contributed by atoms with Gasteiger partial charge in [0.15, 0.2) is 0 Å². The second kappa shape index (κ2) is 7.56. The molecular weight excluding hydrogens is 268 g/mol. The number of amides is 1. The summed E-state index contributed by atoms with van der Waals surface area (Å²) in [4.78, 5) is 12.1. The van der Waals surface area contributed by atoms with Crippen molar-refractivity contribution in [1.82, 2.24) is 10.6 Å². The molecule has 0 saturated carbocycles. The lowest BCUT2D eigenvalue weighted by atomic mass is 9.84. The summed E-state index contributed by atoms with van der Waals surface area (Å²) in [6, 6.07) is 0.209. The maximum Gasteiger partial charge on any atom is 0.236 e. The van der Waals surface area contributed by atoms with Crippen LogP contribution in [0.4, 0.5) is 0 Å². The fraction of sp³-hybridized carbons (Fsp3) is 0.938. The summed E-state index contributed by atoms with van der Waals surface area (Å²) in [6.45, 7) is 9.24. The Bertz CT molecular complexity index is 335. The SMILES string of the molecule is CC(C)CNC(=O)C(C)NC1CCOC2(CCOCC2)C1. The zero-order valence-electron chi connectivity index (χ0n) is 13.6. The minimum Gasteiger partial charge on any atom is -0.381 e. The second-order valence-electron chi connectivity index (χ2n) is 6.86. The smallest absolute Gasteiger partial charge is 0.236 e.